The number of carbonyl (C=O) groups is 1. The summed E-state index contributed by atoms with van der Waals surface area (Å²) < 4.78 is 28.3. The Labute approximate surface area is 198 Å². The fraction of sp³-hybridized carbons (Fsp3) is 0.107. The first-order chi connectivity index (χ1) is 16.5. The summed E-state index contributed by atoms with van der Waals surface area (Å²) in [6.45, 7) is 0.814. The van der Waals surface area contributed by atoms with Crippen LogP contribution in [0.5, 0.6) is 0 Å². The quantitative estimate of drug-likeness (QED) is 0.368. The van der Waals surface area contributed by atoms with Crippen LogP contribution < -0.4 is 0 Å². The van der Waals surface area contributed by atoms with Crippen molar-refractivity contribution < 1.29 is 18.3 Å². The maximum Gasteiger partial charge on any atom is 0.328 e. The summed E-state index contributed by atoms with van der Waals surface area (Å²) in [4.78, 5) is 11.8. The molecule has 4 aromatic rings. The average Bonchev–Trinajstić information content (AvgIpc) is 3.45. The molecule has 0 radical (unpaired) electrons. The second-order valence-corrected chi connectivity index (χ2v) is 10.2. The molecule has 0 bridgehead atoms. The first-order valence-electron chi connectivity index (χ1n) is 11.1. The molecule has 5 nitrogen and oxygen atoms in total. The molecule has 3 aromatic carbocycles. The summed E-state index contributed by atoms with van der Waals surface area (Å²) in [6.07, 6.45) is 4.71. The van der Waals surface area contributed by atoms with Crippen LogP contribution in [0.3, 0.4) is 0 Å². The van der Waals surface area contributed by atoms with Gasteiger partial charge in [0.15, 0.2) is 0 Å². The topological polar surface area (TPSA) is 76.4 Å². The van der Waals surface area contributed by atoms with Gasteiger partial charge in [-0.05, 0) is 54.3 Å². The molecule has 2 heterocycles. The number of benzene rings is 3. The molecule has 34 heavy (non-hydrogen) atoms. The third kappa shape index (κ3) is 3.86. The zero-order chi connectivity index (χ0) is 23.7. The summed E-state index contributed by atoms with van der Waals surface area (Å²) in [5, 5.41) is 9.28. The van der Waals surface area contributed by atoms with E-state index in [4.69, 9.17) is 0 Å². The van der Waals surface area contributed by atoms with E-state index in [9.17, 15) is 18.3 Å². The summed E-state index contributed by atoms with van der Waals surface area (Å²) in [5.74, 6) is -1.01. The number of aliphatic carboxylic acids is 1. The summed E-state index contributed by atoms with van der Waals surface area (Å²) in [6, 6.07) is 25.3. The Bertz CT molecular complexity index is 1480. The van der Waals surface area contributed by atoms with Gasteiger partial charge in [-0.3, -0.25) is 0 Å². The van der Waals surface area contributed by atoms with E-state index in [1.165, 1.54) is 5.69 Å². The third-order valence-electron chi connectivity index (χ3n) is 6.16. The van der Waals surface area contributed by atoms with Crippen molar-refractivity contribution in [2.45, 2.75) is 29.2 Å². The Balaban J connectivity index is 1.69. The number of carboxylic acid groups (broad SMARTS) is 1. The molecule has 0 fully saturated rings. The largest absolute Gasteiger partial charge is 0.478 e. The number of hydrogen-bond donors (Lipinski definition) is 1. The molecule has 1 N–H and O–H groups in total. The number of nitrogens with zero attached hydrogens (tertiary/aromatic N) is 1. The summed E-state index contributed by atoms with van der Waals surface area (Å²) in [5.41, 5.74) is 5.89. The lowest BCUT2D eigenvalue weighted by Crippen LogP contribution is -2.01. The Morgan fingerprint density at radius 1 is 0.794 bits per heavy atom. The fourth-order valence-corrected chi connectivity index (χ4v) is 5.96. The van der Waals surface area contributed by atoms with Crippen LogP contribution >= 0.6 is 0 Å². The van der Waals surface area contributed by atoms with Gasteiger partial charge in [0, 0.05) is 35.1 Å². The van der Waals surface area contributed by atoms with Gasteiger partial charge < -0.3 is 9.67 Å². The fourth-order valence-electron chi connectivity index (χ4n) is 4.68. The van der Waals surface area contributed by atoms with Crippen molar-refractivity contribution in [1.82, 2.24) is 4.57 Å². The minimum absolute atomic E-state index is 0.220. The molecule has 5 rings (SSSR count). The number of sulfone groups is 1. The van der Waals surface area contributed by atoms with Crippen LogP contribution in [0.1, 0.15) is 17.8 Å². The zero-order valence-electron chi connectivity index (χ0n) is 18.4. The van der Waals surface area contributed by atoms with E-state index in [1.807, 2.05) is 30.3 Å². The van der Waals surface area contributed by atoms with E-state index >= 15 is 0 Å². The highest BCUT2D eigenvalue weighted by molar-refractivity contribution is 7.91. The molecule has 1 aliphatic heterocycles. The molecule has 0 unspecified atom stereocenters. The van der Waals surface area contributed by atoms with Gasteiger partial charge in [-0.1, -0.05) is 60.7 Å². The molecule has 1 aromatic heterocycles. The van der Waals surface area contributed by atoms with Crippen LogP contribution in [0, 0.1) is 0 Å². The monoisotopic (exact) mass is 469 g/mol. The molecule has 0 atom stereocenters. The van der Waals surface area contributed by atoms with Crippen LogP contribution in [0.4, 0.5) is 0 Å². The van der Waals surface area contributed by atoms with Crippen LogP contribution in [-0.4, -0.2) is 24.1 Å². The Morgan fingerprint density at radius 3 is 2.03 bits per heavy atom. The summed E-state index contributed by atoms with van der Waals surface area (Å²) >= 11 is 0. The lowest BCUT2D eigenvalue weighted by atomic mass is 9.93. The molecule has 6 heteroatoms. The highest BCUT2D eigenvalue weighted by atomic mass is 32.2. The van der Waals surface area contributed by atoms with Crippen molar-refractivity contribution in [3.8, 4) is 22.3 Å². The van der Waals surface area contributed by atoms with Crippen molar-refractivity contribution in [3.05, 3.63) is 102 Å². The van der Waals surface area contributed by atoms with E-state index in [1.54, 1.807) is 48.5 Å². The first-order valence-corrected chi connectivity index (χ1v) is 12.6. The standard InChI is InChI=1S/C28H23NO4S/c30-26(31)18-17-25-28(27(20-8-3-1-4-9-20)24-12-7-19-29(24)25)21-13-15-23(16-14-21)34(32,33)22-10-5-2-6-11-22/h1-6,8-11,13-18H,7,12,19H2,(H,30,31)/b18-17+. The number of carboxylic acids is 1. The predicted molar refractivity (Wildman–Crippen MR) is 132 cm³/mol. The second-order valence-electron chi connectivity index (χ2n) is 8.22. The molecule has 170 valence electrons. The van der Waals surface area contributed by atoms with Crippen molar-refractivity contribution >= 4 is 21.9 Å². The van der Waals surface area contributed by atoms with E-state index in [2.05, 4.69) is 16.7 Å². The van der Waals surface area contributed by atoms with E-state index in [-0.39, 0.29) is 9.79 Å². The van der Waals surface area contributed by atoms with E-state index in [0.29, 0.717) is 0 Å². The molecule has 1 aliphatic rings. The zero-order valence-corrected chi connectivity index (χ0v) is 19.2. The number of hydrogen-bond acceptors (Lipinski definition) is 3. The van der Waals surface area contributed by atoms with Crippen molar-refractivity contribution in [2.75, 3.05) is 0 Å². The van der Waals surface area contributed by atoms with E-state index < -0.39 is 15.8 Å². The van der Waals surface area contributed by atoms with Gasteiger partial charge in [0.05, 0.1) is 9.79 Å². The Morgan fingerprint density at radius 2 is 1.38 bits per heavy atom. The van der Waals surface area contributed by atoms with Crippen LogP contribution in [-0.2, 0) is 27.6 Å². The van der Waals surface area contributed by atoms with Crippen molar-refractivity contribution in [3.63, 3.8) is 0 Å². The molecular weight excluding hydrogens is 446 g/mol. The van der Waals surface area contributed by atoms with Crippen molar-refractivity contribution in [2.24, 2.45) is 0 Å². The lowest BCUT2D eigenvalue weighted by Gasteiger charge is -2.11. The van der Waals surface area contributed by atoms with Gasteiger partial charge in [0.25, 0.3) is 0 Å². The number of aromatic nitrogens is 1. The maximum absolute atomic E-state index is 13.0. The SMILES string of the molecule is O=C(O)/C=C/c1c(-c2ccc(S(=O)(=O)c3ccccc3)cc2)c(-c2ccccc2)c2n1CCC2. The van der Waals surface area contributed by atoms with Crippen LogP contribution in [0.2, 0.25) is 0 Å². The predicted octanol–water partition coefficient (Wildman–Crippen LogP) is 5.70. The average molecular weight is 470 g/mol. The molecule has 0 aliphatic carbocycles. The van der Waals surface area contributed by atoms with Gasteiger partial charge >= 0.3 is 5.97 Å². The third-order valence-corrected chi connectivity index (χ3v) is 7.95. The minimum atomic E-state index is -3.63. The van der Waals surface area contributed by atoms with Gasteiger partial charge in [-0.15, -0.1) is 0 Å². The Kier molecular flexibility index (Phi) is 5.67. The maximum atomic E-state index is 13.0. The molecule has 0 saturated heterocycles. The van der Waals surface area contributed by atoms with Gasteiger partial charge in [-0.25, -0.2) is 13.2 Å². The highest BCUT2D eigenvalue weighted by Crippen LogP contribution is 2.43. The normalized spacial score (nSPS) is 13.3. The second kappa shape index (κ2) is 8.80. The smallest absolute Gasteiger partial charge is 0.328 e. The van der Waals surface area contributed by atoms with Gasteiger partial charge in [0.1, 0.15) is 0 Å². The van der Waals surface area contributed by atoms with Gasteiger partial charge in [0.2, 0.25) is 9.84 Å². The summed E-state index contributed by atoms with van der Waals surface area (Å²) in [7, 11) is -3.63. The van der Waals surface area contributed by atoms with Gasteiger partial charge in [-0.2, -0.15) is 0 Å². The highest BCUT2D eigenvalue weighted by Gasteiger charge is 2.27. The molecular formula is C28H23NO4S. The Hall–Kier alpha value is -3.90. The number of fused-ring (bicyclic) bond motifs is 1. The van der Waals surface area contributed by atoms with E-state index in [0.717, 1.165) is 53.4 Å². The minimum Gasteiger partial charge on any atom is -0.478 e. The van der Waals surface area contributed by atoms with Crippen LogP contribution in [0.15, 0.2) is 101 Å². The molecule has 0 saturated carbocycles. The van der Waals surface area contributed by atoms with Crippen LogP contribution in [0.25, 0.3) is 28.3 Å². The first kappa shape index (κ1) is 21.9. The molecule has 0 spiro atoms. The number of rotatable bonds is 6. The lowest BCUT2D eigenvalue weighted by molar-refractivity contribution is -0.131. The molecule has 0 amide bonds. The van der Waals surface area contributed by atoms with Crippen molar-refractivity contribution in [1.29, 1.82) is 0 Å².